The molecule has 1 aliphatic carbocycles. The highest BCUT2D eigenvalue weighted by molar-refractivity contribution is 7.26. The van der Waals surface area contributed by atoms with E-state index in [4.69, 9.17) is 34.3 Å². The molecule has 3 aliphatic heterocycles. The zero-order chi connectivity index (χ0) is 95.6. The van der Waals surface area contributed by atoms with Crippen LogP contribution in [0, 0.1) is 0 Å². The molecule has 0 saturated heterocycles. The summed E-state index contributed by atoms with van der Waals surface area (Å²) in [6.07, 6.45) is 0. The van der Waals surface area contributed by atoms with Crippen molar-refractivity contribution in [2.24, 2.45) is 0 Å². The Kier molecular flexibility index (Phi) is 18.8. The van der Waals surface area contributed by atoms with Gasteiger partial charge in [-0.15, -0.1) is 11.3 Å². The van der Waals surface area contributed by atoms with Gasteiger partial charge in [0.05, 0.1) is 66.9 Å². The maximum absolute atomic E-state index is 6.42. The summed E-state index contributed by atoms with van der Waals surface area (Å²) in [5.41, 5.74) is 34.5. The zero-order valence-electron chi connectivity index (χ0n) is 80.2. The highest BCUT2D eigenvalue weighted by Gasteiger charge is 2.46. The van der Waals surface area contributed by atoms with Crippen molar-refractivity contribution in [1.29, 1.82) is 0 Å². The van der Waals surface area contributed by atoms with Crippen LogP contribution in [0.5, 0.6) is 0 Å². The third kappa shape index (κ3) is 12.6. The summed E-state index contributed by atoms with van der Waals surface area (Å²) in [6.45, 7) is 19.3. The van der Waals surface area contributed by atoms with E-state index in [0.29, 0.717) is 0 Å². The van der Waals surface area contributed by atoms with Gasteiger partial charge in [0.25, 0.3) is 0 Å². The van der Waals surface area contributed by atoms with Crippen molar-refractivity contribution in [3.8, 4) is 130 Å². The highest BCUT2D eigenvalue weighted by Crippen LogP contribution is 2.55. The standard InChI is InChI=1S/C45H35N3Si.C42H29N3OSi.C42H29N3SSi/c1-45(2)35-22-11-8-20-33(35)39-36(45)26-25-32-31-19-9-12-23-37(31)48(42(32)39)30-18-14-17-29(27-30)41-40-34-21-10-13-24-38(34)49(3,4)44(40)47-43(46-41)28-15-6-5-7-16-28;2*1-47(2)36-23-13-9-19-31(36)38-39(43-41(44-42(38)47)26-14-4-3-5-15-26)29-17-7-11-21-33(29)45-32-20-10-6-16-27(32)28-24-25-35-37(40(28)45)30-18-8-12-22-34(30)46-35/h5-27H,1-4H3;2*3-25H,1-2H3. The number of fused-ring (bicyclic) bond motifs is 30. The number of rotatable bonds is 9. The Morgan fingerprint density at radius 2 is 0.636 bits per heavy atom. The van der Waals surface area contributed by atoms with E-state index in [-0.39, 0.29) is 5.41 Å². The largest absolute Gasteiger partial charge is 0.456 e. The molecule has 0 N–H and O–H groups in total. The van der Waals surface area contributed by atoms with Gasteiger partial charge < -0.3 is 18.1 Å². The Balaban J connectivity index is 0.000000105. The van der Waals surface area contributed by atoms with E-state index >= 15 is 0 Å². The summed E-state index contributed by atoms with van der Waals surface area (Å²) in [7, 11) is -6.27. The van der Waals surface area contributed by atoms with Gasteiger partial charge in [0.15, 0.2) is 17.5 Å². The quantitative estimate of drug-likeness (QED) is 0.133. The second-order valence-electron chi connectivity index (χ2n) is 40.5. The average molecular weight is 1900 g/mol. The molecule has 4 aliphatic rings. The van der Waals surface area contributed by atoms with Gasteiger partial charge in [-0.25, -0.2) is 29.9 Å². The zero-order valence-corrected chi connectivity index (χ0v) is 84.0. The van der Waals surface area contributed by atoms with Crippen molar-refractivity contribution in [2.45, 2.75) is 58.5 Å². The monoisotopic (exact) mass is 1900 g/mol. The molecule has 0 radical (unpaired) electrons. The molecule has 8 aromatic heterocycles. The van der Waals surface area contributed by atoms with Crippen LogP contribution < -0.4 is 31.5 Å². The van der Waals surface area contributed by atoms with E-state index < -0.39 is 24.2 Å². The first-order valence-corrected chi connectivity index (χ1v) is 59.2. The summed E-state index contributed by atoms with van der Waals surface area (Å²) in [6, 6.07) is 151. The summed E-state index contributed by atoms with van der Waals surface area (Å²) >= 11 is 1.87. The molecule has 26 aromatic rings. The smallest absolute Gasteiger partial charge is 0.159 e. The molecule has 0 bridgehead atoms. The van der Waals surface area contributed by atoms with Crippen LogP contribution in [0.15, 0.2) is 423 Å². The normalized spacial score (nSPS) is 14.0. The molecule has 143 heavy (non-hydrogen) atoms. The number of benzene rings is 18. The van der Waals surface area contributed by atoms with E-state index in [0.717, 1.165) is 118 Å². The fourth-order valence-electron chi connectivity index (χ4n) is 24.4. The minimum atomic E-state index is -2.11. The lowest BCUT2D eigenvalue weighted by Crippen LogP contribution is -2.50. The first kappa shape index (κ1) is 84.3. The van der Waals surface area contributed by atoms with Crippen molar-refractivity contribution in [1.82, 2.24) is 43.6 Å². The Hall–Kier alpha value is -16.7. The second kappa shape index (κ2) is 31.9. The van der Waals surface area contributed by atoms with E-state index in [1.165, 1.54) is 162 Å². The summed E-state index contributed by atoms with van der Waals surface area (Å²) < 4.78 is 16.5. The van der Waals surface area contributed by atoms with Crippen LogP contribution in [0.4, 0.5) is 0 Å². The van der Waals surface area contributed by atoms with Crippen LogP contribution in [0.2, 0.25) is 39.3 Å². The van der Waals surface area contributed by atoms with Crippen LogP contribution in [0.3, 0.4) is 0 Å². The third-order valence-electron chi connectivity index (χ3n) is 31.1. The Morgan fingerprint density at radius 3 is 1.16 bits per heavy atom. The molecule has 18 aromatic carbocycles. The van der Waals surface area contributed by atoms with Crippen LogP contribution in [-0.4, -0.2) is 67.8 Å². The Morgan fingerprint density at radius 1 is 0.252 bits per heavy atom. The molecule has 30 rings (SSSR count). The molecule has 678 valence electrons. The van der Waals surface area contributed by atoms with Crippen LogP contribution in [-0.2, 0) is 5.41 Å². The van der Waals surface area contributed by atoms with Gasteiger partial charge in [0, 0.05) is 141 Å². The van der Waals surface area contributed by atoms with Gasteiger partial charge in [0.1, 0.15) is 35.4 Å². The van der Waals surface area contributed by atoms with Crippen LogP contribution in [0.1, 0.15) is 25.0 Å². The van der Waals surface area contributed by atoms with Crippen molar-refractivity contribution in [2.75, 3.05) is 0 Å². The number of aromatic nitrogens is 9. The topological polar surface area (TPSA) is 105 Å². The molecular weight excluding hydrogens is 1810 g/mol. The van der Waals surface area contributed by atoms with Crippen LogP contribution >= 0.6 is 11.3 Å². The highest BCUT2D eigenvalue weighted by atomic mass is 32.1. The van der Waals surface area contributed by atoms with Crippen molar-refractivity contribution in [3.05, 3.63) is 430 Å². The molecule has 14 heteroatoms. The number of thiophene rings is 1. The first-order valence-electron chi connectivity index (χ1n) is 49.4. The van der Waals surface area contributed by atoms with Crippen molar-refractivity contribution >= 4 is 175 Å². The van der Waals surface area contributed by atoms with Gasteiger partial charge in [-0.3, -0.25) is 0 Å². The van der Waals surface area contributed by atoms with E-state index in [9.17, 15) is 0 Å². The fraction of sp³-hybridized carbons (Fsp3) is 0.0698. The predicted octanol–water partition coefficient (Wildman–Crippen LogP) is 29.7. The van der Waals surface area contributed by atoms with Crippen molar-refractivity contribution in [3.63, 3.8) is 0 Å². The molecule has 0 atom stereocenters. The fourth-order valence-corrected chi connectivity index (χ4v) is 34.3. The molecule has 10 nitrogen and oxygen atoms in total. The summed E-state index contributed by atoms with van der Waals surface area (Å²) in [5, 5.41) is 20.2. The third-order valence-corrected chi connectivity index (χ3v) is 42.2. The molecular formula is C129H93N9OSSi3. The lowest BCUT2D eigenvalue weighted by atomic mass is 9.82. The molecule has 11 heterocycles. The maximum atomic E-state index is 6.42. The lowest BCUT2D eigenvalue weighted by Gasteiger charge is -2.21. The van der Waals surface area contributed by atoms with Crippen LogP contribution in [0.25, 0.3) is 237 Å². The molecule has 0 saturated carbocycles. The molecule has 0 fully saturated rings. The number of nitrogens with zero attached hydrogens (tertiary/aromatic N) is 9. The Labute approximate surface area is 834 Å². The van der Waals surface area contributed by atoms with Gasteiger partial charge >= 0.3 is 0 Å². The minimum Gasteiger partial charge on any atom is -0.456 e. The van der Waals surface area contributed by atoms with Gasteiger partial charge in [-0.05, 0) is 122 Å². The SMILES string of the molecule is CC1(C)c2ccccc2-c2c1ccc1c3ccccc3n(-c3cccc(-c4nc(-c5ccccc5)nc5c4-c4ccccc4[Si]5(C)C)c3)c21.C[Si]1(C)c2ccccc2-c2c(-c3ccccc3-n3c4ccccc4c4ccc5oc6ccccc6c5c43)nc(-c3ccccc3)nc21.C[Si]1(C)c2ccccc2-c2c(-c3ccccc3-n3c4ccccc4c4ccc5sc6ccccc6c5c43)nc(-c3ccccc3)nc21. The molecule has 0 amide bonds. The number of para-hydroxylation sites is 6. The van der Waals surface area contributed by atoms with E-state index in [2.05, 4.69) is 473 Å². The van der Waals surface area contributed by atoms with Gasteiger partial charge in [-0.2, -0.15) is 0 Å². The predicted molar refractivity (Wildman–Crippen MR) is 606 cm³/mol. The molecule has 0 spiro atoms. The summed E-state index contributed by atoms with van der Waals surface area (Å²) in [4.78, 5) is 32.5. The van der Waals surface area contributed by atoms with E-state index in [1.54, 1.807) is 0 Å². The number of hydrogen-bond donors (Lipinski definition) is 0. The van der Waals surface area contributed by atoms with Gasteiger partial charge in [0.2, 0.25) is 0 Å². The summed E-state index contributed by atoms with van der Waals surface area (Å²) in [5.74, 6) is 2.35. The number of hydrogen-bond acceptors (Lipinski definition) is 8. The van der Waals surface area contributed by atoms with E-state index in [1.807, 2.05) is 23.5 Å². The second-order valence-corrected chi connectivity index (χ2v) is 54.4. The molecule has 0 unspecified atom stereocenters. The number of furan rings is 1. The van der Waals surface area contributed by atoms with Crippen molar-refractivity contribution < 1.29 is 4.42 Å². The first-order chi connectivity index (χ1) is 70.0. The van der Waals surface area contributed by atoms with Gasteiger partial charge in [-0.1, -0.05) is 399 Å². The minimum absolute atomic E-state index is 0.0807. The Bertz CT molecular complexity index is 9520. The maximum Gasteiger partial charge on any atom is 0.159 e. The lowest BCUT2D eigenvalue weighted by molar-refractivity contribution is 0.661. The average Bonchev–Trinajstić information content (AvgIpc) is 1.54.